The number of urea groups is 2. The van der Waals surface area contributed by atoms with Gasteiger partial charge in [-0.1, -0.05) is 12.1 Å². The molecular formula is C30H29N5O6. The fourth-order valence-electron chi connectivity index (χ4n) is 6.55. The zero-order valence-electron chi connectivity index (χ0n) is 23.2. The van der Waals surface area contributed by atoms with Crippen molar-refractivity contribution in [3.8, 4) is 0 Å². The summed E-state index contributed by atoms with van der Waals surface area (Å²) < 4.78 is 0. The highest BCUT2D eigenvalue weighted by atomic mass is 16.2. The predicted molar refractivity (Wildman–Crippen MR) is 149 cm³/mol. The van der Waals surface area contributed by atoms with Gasteiger partial charge in [0.05, 0.1) is 11.7 Å². The van der Waals surface area contributed by atoms with Crippen LogP contribution in [-0.4, -0.2) is 72.2 Å². The highest BCUT2D eigenvalue weighted by Gasteiger charge is 2.63. The van der Waals surface area contributed by atoms with E-state index in [0.29, 0.717) is 29.8 Å². The van der Waals surface area contributed by atoms with Gasteiger partial charge in [-0.05, 0) is 85.7 Å². The van der Waals surface area contributed by atoms with Gasteiger partial charge in [-0.15, -0.1) is 0 Å². The van der Waals surface area contributed by atoms with E-state index in [9.17, 15) is 28.8 Å². The number of nitrogens with zero attached hydrogens (tertiary/aromatic N) is 4. The summed E-state index contributed by atoms with van der Waals surface area (Å²) in [5.74, 6) is -2.62. The van der Waals surface area contributed by atoms with Crippen molar-refractivity contribution >= 4 is 53.1 Å². The van der Waals surface area contributed by atoms with Crippen LogP contribution in [0.15, 0.2) is 42.0 Å². The maximum Gasteiger partial charge on any atom is 0.335 e. The molecule has 4 heterocycles. The van der Waals surface area contributed by atoms with Crippen LogP contribution in [0.2, 0.25) is 0 Å². The topological polar surface area (TPSA) is 127 Å². The van der Waals surface area contributed by atoms with Crippen molar-refractivity contribution in [2.45, 2.75) is 39.2 Å². The van der Waals surface area contributed by atoms with Crippen LogP contribution in [0.1, 0.15) is 35.1 Å². The van der Waals surface area contributed by atoms with Gasteiger partial charge in [0.1, 0.15) is 5.57 Å². The summed E-state index contributed by atoms with van der Waals surface area (Å²) in [5, 5.41) is 2.25. The highest BCUT2D eigenvalue weighted by Crippen LogP contribution is 2.49. The van der Waals surface area contributed by atoms with Gasteiger partial charge in [0.15, 0.2) is 5.41 Å². The first-order valence-electron chi connectivity index (χ1n) is 13.4. The van der Waals surface area contributed by atoms with Crippen LogP contribution in [-0.2, 0) is 25.6 Å². The van der Waals surface area contributed by atoms with Crippen LogP contribution in [0.4, 0.5) is 21.0 Å². The molecule has 0 aliphatic carbocycles. The fourth-order valence-corrected chi connectivity index (χ4v) is 6.55. The third-order valence-electron chi connectivity index (χ3n) is 8.81. The number of anilines is 2. The number of hydrogen-bond donors (Lipinski definition) is 1. The molecule has 1 atom stereocenters. The molecule has 210 valence electrons. The van der Waals surface area contributed by atoms with Crippen LogP contribution < -0.4 is 15.1 Å². The highest BCUT2D eigenvalue weighted by molar-refractivity contribution is 6.39. The van der Waals surface area contributed by atoms with Crippen LogP contribution in [0, 0.1) is 19.3 Å². The number of aryl methyl sites for hydroxylation is 2. The second-order valence-electron chi connectivity index (χ2n) is 11.1. The summed E-state index contributed by atoms with van der Waals surface area (Å²) >= 11 is 0. The molecule has 4 aliphatic rings. The molecule has 0 unspecified atom stereocenters. The van der Waals surface area contributed by atoms with Gasteiger partial charge in [0, 0.05) is 26.3 Å². The number of rotatable bonds is 2. The van der Waals surface area contributed by atoms with Crippen molar-refractivity contribution < 1.29 is 28.8 Å². The number of fused-ring (bicyclic) bond motifs is 4. The number of nitrogens with one attached hydrogen (secondary N) is 1. The Bertz CT molecular complexity index is 1600. The van der Waals surface area contributed by atoms with Gasteiger partial charge in [-0.2, -0.15) is 0 Å². The predicted octanol–water partition coefficient (Wildman–Crippen LogP) is 2.53. The number of carbonyl (C=O) groups excluding carboxylic acids is 6. The summed E-state index contributed by atoms with van der Waals surface area (Å²) in [6.07, 6.45) is 2.91. The lowest BCUT2D eigenvalue weighted by Crippen LogP contribution is -2.70. The third-order valence-corrected chi connectivity index (χ3v) is 8.81. The molecule has 3 fully saturated rings. The number of imide groups is 4. The Balaban J connectivity index is 1.40. The molecule has 0 radical (unpaired) electrons. The summed E-state index contributed by atoms with van der Waals surface area (Å²) in [6.45, 7) is 4.43. The molecule has 11 heteroatoms. The van der Waals surface area contributed by atoms with Crippen molar-refractivity contribution in [2.75, 3.05) is 30.4 Å². The minimum atomic E-state index is -1.46. The van der Waals surface area contributed by atoms with Crippen molar-refractivity contribution in [1.82, 2.24) is 15.1 Å². The normalized spacial score (nSPS) is 23.0. The van der Waals surface area contributed by atoms with E-state index < -0.39 is 41.1 Å². The van der Waals surface area contributed by atoms with E-state index in [2.05, 4.69) is 10.2 Å². The summed E-state index contributed by atoms with van der Waals surface area (Å²) in [5.41, 5.74) is 2.61. The monoisotopic (exact) mass is 555 g/mol. The minimum absolute atomic E-state index is 0.0769. The van der Waals surface area contributed by atoms with Crippen molar-refractivity contribution in [3.05, 3.63) is 64.2 Å². The molecule has 6 rings (SSSR count). The fraction of sp³-hybridized carbons (Fsp3) is 0.333. The molecule has 0 aromatic heterocycles. The first-order valence-corrected chi connectivity index (χ1v) is 13.4. The number of barbiturate groups is 2. The molecule has 1 spiro atoms. The standard InChI is InChI=1S/C30H29N5O6/c1-16-7-9-20(12-17(16)2)35-25(37)21(24(36)31-28(35)40)14-18-8-10-22-19(13-18)15-30(23-6-5-11-34(22)23)26(38)32(3)29(41)33(4)27(30)39/h7-10,12-14,23H,5-6,11,15H2,1-4H3,(H,31,36,40)/b21-14+/t23-/m1/s1. The number of hydrogen-bond acceptors (Lipinski definition) is 7. The van der Waals surface area contributed by atoms with Crippen LogP contribution in [0.5, 0.6) is 0 Å². The number of benzene rings is 2. The number of amides is 8. The molecule has 4 aliphatic heterocycles. The lowest BCUT2D eigenvalue weighted by Gasteiger charge is -2.50. The Morgan fingerprint density at radius 1 is 0.902 bits per heavy atom. The van der Waals surface area contributed by atoms with Gasteiger partial charge < -0.3 is 4.90 Å². The quantitative estimate of drug-likeness (QED) is 0.343. The van der Waals surface area contributed by atoms with Gasteiger partial charge >= 0.3 is 12.1 Å². The first kappa shape index (κ1) is 26.4. The van der Waals surface area contributed by atoms with E-state index in [4.69, 9.17) is 0 Å². The van der Waals surface area contributed by atoms with E-state index in [-0.39, 0.29) is 18.0 Å². The Hall–Kier alpha value is -4.80. The Labute approximate surface area is 236 Å². The molecule has 8 amide bonds. The zero-order chi connectivity index (χ0) is 29.4. The number of carbonyl (C=O) groups is 6. The molecule has 1 N–H and O–H groups in total. The molecule has 0 bridgehead atoms. The molecule has 2 aromatic rings. The second-order valence-corrected chi connectivity index (χ2v) is 11.1. The van der Waals surface area contributed by atoms with E-state index in [1.54, 1.807) is 30.3 Å². The molecule has 0 saturated carbocycles. The summed E-state index contributed by atoms with van der Waals surface area (Å²) in [6, 6.07) is 8.66. The Morgan fingerprint density at radius 2 is 1.61 bits per heavy atom. The minimum Gasteiger partial charge on any atom is -0.367 e. The maximum absolute atomic E-state index is 13.6. The van der Waals surface area contributed by atoms with Crippen molar-refractivity contribution in [1.29, 1.82) is 0 Å². The maximum atomic E-state index is 13.6. The molecule has 2 aromatic carbocycles. The Kier molecular flexibility index (Phi) is 5.88. The largest absolute Gasteiger partial charge is 0.367 e. The zero-order valence-corrected chi connectivity index (χ0v) is 23.2. The van der Waals surface area contributed by atoms with E-state index in [0.717, 1.165) is 37.9 Å². The van der Waals surface area contributed by atoms with E-state index in [1.807, 2.05) is 19.9 Å². The van der Waals surface area contributed by atoms with Crippen molar-refractivity contribution in [2.24, 2.45) is 5.41 Å². The second kappa shape index (κ2) is 9.12. The average Bonchev–Trinajstić information content (AvgIpc) is 3.44. The smallest absolute Gasteiger partial charge is 0.335 e. The molecule has 41 heavy (non-hydrogen) atoms. The molecular weight excluding hydrogens is 526 g/mol. The van der Waals surface area contributed by atoms with Gasteiger partial charge in [0.25, 0.3) is 11.8 Å². The van der Waals surface area contributed by atoms with Crippen LogP contribution in [0.3, 0.4) is 0 Å². The van der Waals surface area contributed by atoms with Crippen molar-refractivity contribution in [3.63, 3.8) is 0 Å². The lowest BCUT2D eigenvalue weighted by molar-refractivity contribution is -0.159. The average molecular weight is 556 g/mol. The summed E-state index contributed by atoms with van der Waals surface area (Å²) in [7, 11) is 2.78. The lowest BCUT2D eigenvalue weighted by atomic mass is 9.68. The van der Waals surface area contributed by atoms with Gasteiger partial charge in [-0.25, -0.2) is 14.5 Å². The summed E-state index contributed by atoms with van der Waals surface area (Å²) in [4.78, 5) is 83.7. The SMILES string of the molecule is Cc1ccc(N2C(=O)NC(=O)/C(=C\c3ccc4c(c3)CC3(C(=O)N(C)C(=O)N(C)C3=O)[C@H]3CCCN43)C2=O)cc1C. The molecule has 11 nitrogen and oxygen atoms in total. The van der Waals surface area contributed by atoms with E-state index >= 15 is 0 Å². The van der Waals surface area contributed by atoms with Crippen LogP contribution >= 0.6 is 0 Å². The van der Waals surface area contributed by atoms with E-state index in [1.165, 1.54) is 20.2 Å². The van der Waals surface area contributed by atoms with Crippen LogP contribution in [0.25, 0.3) is 6.08 Å². The molecule has 3 saturated heterocycles. The first-order chi connectivity index (χ1) is 19.5. The van der Waals surface area contributed by atoms with Gasteiger partial charge in [-0.3, -0.25) is 34.3 Å². The third kappa shape index (κ3) is 3.71. The van der Waals surface area contributed by atoms with Gasteiger partial charge in [0.2, 0.25) is 11.8 Å². The Morgan fingerprint density at radius 3 is 2.29 bits per heavy atom.